The highest BCUT2D eigenvalue weighted by atomic mass is 16.5. The van der Waals surface area contributed by atoms with Crippen molar-refractivity contribution in [2.75, 3.05) is 14.2 Å². The van der Waals surface area contributed by atoms with Crippen molar-refractivity contribution in [1.29, 1.82) is 0 Å². The fraction of sp³-hybridized carbons (Fsp3) is 0.244. The second-order valence-corrected chi connectivity index (χ2v) is 15.0. The zero-order valence-electron chi connectivity index (χ0n) is 28.5. The Labute approximate surface area is 278 Å². The first-order valence-electron chi connectivity index (χ1n) is 16.7. The molecule has 0 unspecified atom stereocenters. The van der Waals surface area contributed by atoms with Gasteiger partial charge in [-0.3, -0.25) is 0 Å². The smallest absolute Gasteiger partial charge is 0.0713 e. The van der Waals surface area contributed by atoms with Gasteiger partial charge in [0.05, 0.1) is 13.2 Å². The Balaban J connectivity index is 1.24. The first-order valence-corrected chi connectivity index (χ1v) is 16.7. The Morgan fingerprint density at radius 1 is 0.511 bits per heavy atom. The van der Waals surface area contributed by atoms with Gasteiger partial charge in [-0.2, -0.15) is 0 Å². The third-order valence-electron chi connectivity index (χ3n) is 10.5. The number of rotatable bonds is 6. The first kappa shape index (κ1) is 29.9. The highest BCUT2D eigenvalue weighted by molar-refractivity contribution is 6.25. The fourth-order valence-electron chi connectivity index (χ4n) is 8.02. The van der Waals surface area contributed by atoms with Gasteiger partial charge >= 0.3 is 0 Å². The van der Waals surface area contributed by atoms with Crippen LogP contribution in [0.15, 0.2) is 103 Å². The molecule has 0 fully saturated rings. The number of fused-ring (bicyclic) bond motifs is 3. The Kier molecular flexibility index (Phi) is 6.85. The van der Waals surface area contributed by atoms with E-state index in [4.69, 9.17) is 9.47 Å². The molecule has 7 aromatic rings. The number of hydrogen-bond acceptors (Lipinski definition) is 2. The molecule has 0 aromatic heterocycles. The summed E-state index contributed by atoms with van der Waals surface area (Å²) in [5.41, 5.74) is 14.1. The molecule has 47 heavy (non-hydrogen) atoms. The summed E-state index contributed by atoms with van der Waals surface area (Å²) in [6, 6.07) is 39.5. The molecule has 1 aliphatic rings. The van der Waals surface area contributed by atoms with E-state index in [1.807, 2.05) is 0 Å². The first-order chi connectivity index (χ1) is 22.6. The van der Waals surface area contributed by atoms with Crippen molar-refractivity contribution in [2.24, 2.45) is 0 Å². The van der Waals surface area contributed by atoms with Gasteiger partial charge in [-0.05, 0) is 123 Å². The quantitative estimate of drug-likeness (QED) is 0.174. The predicted molar refractivity (Wildman–Crippen MR) is 199 cm³/mol. The average molecular weight is 615 g/mol. The summed E-state index contributed by atoms with van der Waals surface area (Å²) in [5.74, 6) is 0. The summed E-state index contributed by atoms with van der Waals surface area (Å²) < 4.78 is 11.0. The molecule has 1 aliphatic carbocycles. The van der Waals surface area contributed by atoms with E-state index in [0.717, 1.165) is 11.1 Å². The molecule has 7 aromatic carbocycles. The van der Waals surface area contributed by atoms with E-state index < -0.39 is 0 Å². The molecule has 0 atom stereocenters. The molecular weight excluding hydrogens is 572 g/mol. The largest absolute Gasteiger partial charge is 0.380 e. The molecule has 2 nitrogen and oxygen atoms in total. The van der Waals surface area contributed by atoms with E-state index in [1.165, 1.54) is 82.4 Å². The second kappa shape index (κ2) is 10.8. The standard InChI is InChI=1S/C45H42O2/c1-44(2,3)35-21-32-9-8-29-10-14-36(39-17-13-33(22-35)42(32)43(29)39)31-12-16-38-37-15-11-30(23-40(37)45(4,5)41(38)24-31)34-19-27(25-46-6)18-28(20-34)26-47-7/h8-24H,25-26H2,1-7H3. The van der Waals surface area contributed by atoms with Crippen molar-refractivity contribution in [2.45, 2.75) is 58.7 Å². The molecule has 2 heteroatoms. The molecule has 0 saturated heterocycles. The third kappa shape index (κ3) is 4.77. The number of hydrogen-bond donors (Lipinski definition) is 0. The van der Waals surface area contributed by atoms with Gasteiger partial charge < -0.3 is 9.47 Å². The lowest BCUT2D eigenvalue weighted by Crippen LogP contribution is -2.15. The Morgan fingerprint density at radius 3 is 1.66 bits per heavy atom. The molecule has 0 amide bonds. The van der Waals surface area contributed by atoms with Crippen LogP contribution in [-0.4, -0.2) is 14.2 Å². The number of benzene rings is 7. The van der Waals surface area contributed by atoms with E-state index in [0.29, 0.717) is 13.2 Å². The van der Waals surface area contributed by atoms with Crippen LogP contribution in [0.3, 0.4) is 0 Å². The minimum atomic E-state index is -0.136. The van der Waals surface area contributed by atoms with Crippen molar-refractivity contribution in [3.8, 4) is 33.4 Å². The molecular formula is C45H42O2. The maximum Gasteiger partial charge on any atom is 0.0713 e. The van der Waals surface area contributed by atoms with E-state index in [1.54, 1.807) is 14.2 Å². The summed E-state index contributed by atoms with van der Waals surface area (Å²) in [7, 11) is 3.49. The minimum Gasteiger partial charge on any atom is -0.380 e. The lowest BCUT2D eigenvalue weighted by Gasteiger charge is -2.23. The van der Waals surface area contributed by atoms with E-state index in [2.05, 4.69) is 138 Å². The van der Waals surface area contributed by atoms with Crippen LogP contribution in [0.1, 0.15) is 62.4 Å². The molecule has 0 spiro atoms. The van der Waals surface area contributed by atoms with Crippen LogP contribution in [0.25, 0.3) is 65.7 Å². The van der Waals surface area contributed by atoms with Crippen LogP contribution >= 0.6 is 0 Å². The average Bonchev–Trinajstić information content (AvgIpc) is 3.28. The second-order valence-electron chi connectivity index (χ2n) is 15.0. The molecule has 0 N–H and O–H groups in total. The summed E-state index contributed by atoms with van der Waals surface area (Å²) in [6.07, 6.45) is 0. The maximum atomic E-state index is 5.48. The molecule has 0 heterocycles. The zero-order valence-corrected chi connectivity index (χ0v) is 28.5. The molecule has 0 bridgehead atoms. The van der Waals surface area contributed by atoms with Crippen molar-refractivity contribution in [3.05, 3.63) is 131 Å². The lowest BCUT2D eigenvalue weighted by molar-refractivity contribution is 0.180. The highest BCUT2D eigenvalue weighted by Crippen LogP contribution is 2.51. The van der Waals surface area contributed by atoms with Crippen molar-refractivity contribution in [1.82, 2.24) is 0 Å². The van der Waals surface area contributed by atoms with Gasteiger partial charge in [0.2, 0.25) is 0 Å². The van der Waals surface area contributed by atoms with E-state index in [9.17, 15) is 0 Å². The van der Waals surface area contributed by atoms with Gasteiger partial charge in [0.1, 0.15) is 0 Å². The predicted octanol–water partition coefficient (Wildman–Crippen LogP) is 11.8. The Bertz CT molecular complexity index is 2290. The van der Waals surface area contributed by atoms with Crippen LogP contribution in [0, 0.1) is 0 Å². The van der Waals surface area contributed by atoms with Crippen molar-refractivity contribution >= 4 is 32.3 Å². The van der Waals surface area contributed by atoms with Crippen LogP contribution in [0.4, 0.5) is 0 Å². The van der Waals surface area contributed by atoms with Crippen LogP contribution in [0.5, 0.6) is 0 Å². The summed E-state index contributed by atoms with van der Waals surface area (Å²) in [5, 5.41) is 8.02. The SMILES string of the molecule is COCc1cc(COC)cc(-c2ccc3c(c2)C(C)(C)c2cc(-c4ccc5ccc6cc(C(C)(C)C)cc7ccc4c5c67)ccc2-3)c1. The molecule has 0 aliphatic heterocycles. The number of methoxy groups -OCH3 is 2. The van der Waals surface area contributed by atoms with E-state index >= 15 is 0 Å². The molecule has 234 valence electrons. The Morgan fingerprint density at radius 2 is 1.04 bits per heavy atom. The topological polar surface area (TPSA) is 18.5 Å². The van der Waals surface area contributed by atoms with Crippen molar-refractivity contribution in [3.63, 3.8) is 0 Å². The fourth-order valence-corrected chi connectivity index (χ4v) is 8.02. The molecule has 0 saturated carbocycles. The number of ether oxygens (including phenoxy) is 2. The van der Waals surface area contributed by atoms with Gasteiger partial charge in [-0.25, -0.2) is 0 Å². The van der Waals surface area contributed by atoms with Crippen LogP contribution in [0.2, 0.25) is 0 Å². The molecule has 0 radical (unpaired) electrons. The third-order valence-corrected chi connectivity index (χ3v) is 10.5. The normalized spacial score (nSPS) is 13.9. The zero-order chi connectivity index (χ0) is 32.7. The Hall–Kier alpha value is -4.50. The van der Waals surface area contributed by atoms with Crippen LogP contribution in [-0.2, 0) is 33.5 Å². The minimum absolute atomic E-state index is 0.103. The van der Waals surface area contributed by atoms with Gasteiger partial charge in [-0.15, -0.1) is 0 Å². The summed E-state index contributed by atoms with van der Waals surface area (Å²) >= 11 is 0. The maximum absolute atomic E-state index is 5.48. The van der Waals surface area contributed by atoms with Crippen molar-refractivity contribution < 1.29 is 9.47 Å². The lowest BCUT2D eigenvalue weighted by atomic mass is 9.80. The highest BCUT2D eigenvalue weighted by Gasteiger charge is 2.36. The van der Waals surface area contributed by atoms with Gasteiger partial charge in [0, 0.05) is 19.6 Å². The summed E-state index contributed by atoms with van der Waals surface area (Å²) in [4.78, 5) is 0. The van der Waals surface area contributed by atoms with Gasteiger partial charge in [-0.1, -0.05) is 113 Å². The van der Waals surface area contributed by atoms with Gasteiger partial charge in [0.15, 0.2) is 0 Å². The molecule has 8 rings (SSSR count). The monoisotopic (exact) mass is 614 g/mol. The van der Waals surface area contributed by atoms with Crippen LogP contribution < -0.4 is 0 Å². The summed E-state index contributed by atoms with van der Waals surface area (Å²) in [6.45, 7) is 12.8. The van der Waals surface area contributed by atoms with E-state index in [-0.39, 0.29) is 10.8 Å². The van der Waals surface area contributed by atoms with Gasteiger partial charge in [0.25, 0.3) is 0 Å².